The average molecular weight is 291 g/mol. The standard InChI is InChI=1S/C17H13N3O2/c18-9-13-4-6-16(7-5-13)22-12-17(21)20-11-15-3-1-2-14(8-15)10-19/h1-8H,11-12H2,(H,20,21). The number of ether oxygens (including phenoxy) is 1. The van der Waals surface area contributed by atoms with E-state index in [1.54, 1.807) is 42.5 Å². The number of nitrogens with zero attached hydrogens (tertiary/aromatic N) is 2. The zero-order valence-electron chi connectivity index (χ0n) is 11.7. The predicted molar refractivity (Wildman–Crippen MR) is 79.7 cm³/mol. The SMILES string of the molecule is N#Cc1ccc(OCC(=O)NCc2cccc(C#N)c2)cc1. The molecule has 2 rings (SSSR count). The van der Waals surface area contributed by atoms with Crippen molar-refractivity contribution >= 4 is 5.91 Å². The number of benzene rings is 2. The molecule has 0 aliphatic carbocycles. The zero-order valence-corrected chi connectivity index (χ0v) is 11.7. The van der Waals surface area contributed by atoms with Crippen molar-refractivity contribution in [1.29, 1.82) is 10.5 Å². The second-order valence-electron chi connectivity index (χ2n) is 4.51. The first kappa shape index (κ1) is 15.1. The highest BCUT2D eigenvalue weighted by molar-refractivity contribution is 5.77. The lowest BCUT2D eigenvalue weighted by Crippen LogP contribution is -2.28. The lowest BCUT2D eigenvalue weighted by atomic mass is 10.1. The van der Waals surface area contributed by atoms with Crippen molar-refractivity contribution in [2.75, 3.05) is 6.61 Å². The van der Waals surface area contributed by atoms with Gasteiger partial charge in [-0.05, 0) is 42.0 Å². The molecule has 1 N–H and O–H groups in total. The van der Waals surface area contributed by atoms with E-state index in [-0.39, 0.29) is 12.5 Å². The van der Waals surface area contributed by atoms with E-state index in [9.17, 15) is 4.79 Å². The Balaban J connectivity index is 1.80. The topological polar surface area (TPSA) is 85.9 Å². The number of nitriles is 2. The Hall–Kier alpha value is -3.31. The number of hydrogen-bond donors (Lipinski definition) is 1. The first-order valence-electron chi connectivity index (χ1n) is 6.60. The number of carbonyl (C=O) groups is 1. The van der Waals surface area contributed by atoms with Crippen LogP contribution in [0.2, 0.25) is 0 Å². The van der Waals surface area contributed by atoms with Gasteiger partial charge in [-0.25, -0.2) is 0 Å². The molecule has 2 aromatic carbocycles. The van der Waals surface area contributed by atoms with Crippen LogP contribution in [0.15, 0.2) is 48.5 Å². The Morgan fingerprint density at radius 2 is 1.77 bits per heavy atom. The maximum absolute atomic E-state index is 11.7. The molecule has 0 saturated carbocycles. The lowest BCUT2D eigenvalue weighted by molar-refractivity contribution is -0.123. The molecule has 5 heteroatoms. The largest absolute Gasteiger partial charge is 0.484 e. The first-order valence-corrected chi connectivity index (χ1v) is 6.60. The van der Waals surface area contributed by atoms with Gasteiger partial charge in [-0.2, -0.15) is 10.5 Å². The highest BCUT2D eigenvalue weighted by Crippen LogP contribution is 2.11. The van der Waals surface area contributed by atoms with Crippen LogP contribution in [0.1, 0.15) is 16.7 Å². The van der Waals surface area contributed by atoms with E-state index in [2.05, 4.69) is 11.4 Å². The molecule has 0 unspecified atom stereocenters. The Morgan fingerprint density at radius 1 is 1.05 bits per heavy atom. The van der Waals surface area contributed by atoms with Crippen LogP contribution in [-0.2, 0) is 11.3 Å². The van der Waals surface area contributed by atoms with Gasteiger partial charge >= 0.3 is 0 Å². The van der Waals surface area contributed by atoms with E-state index < -0.39 is 0 Å². The van der Waals surface area contributed by atoms with Crippen molar-refractivity contribution in [3.63, 3.8) is 0 Å². The summed E-state index contributed by atoms with van der Waals surface area (Å²) in [5.74, 6) is 0.271. The van der Waals surface area contributed by atoms with Crippen LogP contribution < -0.4 is 10.1 Å². The van der Waals surface area contributed by atoms with Crippen molar-refractivity contribution in [1.82, 2.24) is 5.32 Å². The second-order valence-corrected chi connectivity index (χ2v) is 4.51. The van der Waals surface area contributed by atoms with Crippen LogP contribution in [0.25, 0.3) is 0 Å². The number of hydrogen-bond acceptors (Lipinski definition) is 4. The number of carbonyl (C=O) groups excluding carboxylic acids is 1. The summed E-state index contributed by atoms with van der Waals surface area (Å²) in [5.41, 5.74) is 1.94. The van der Waals surface area contributed by atoms with Crippen LogP contribution in [0.4, 0.5) is 0 Å². The summed E-state index contributed by atoms with van der Waals surface area (Å²) in [4.78, 5) is 11.7. The van der Waals surface area contributed by atoms with Gasteiger partial charge in [-0.1, -0.05) is 12.1 Å². The van der Waals surface area contributed by atoms with Gasteiger partial charge in [0.25, 0.3) is 5.91 Å². The summed E-state index contributed by atoms with van der Waals surface area (Å²) in [6.45, 7) is 0.231. The van der Waals surface area contributed by atoms with Crippen molar-refractivity contribution in [2.24, 2.45) is 0 Å². The quantitative estimate of drug-likeness (QED) is 0.914. The molecule has 0 saturated heterocycles. The molecular formula is C17H13N3O2. The monoisotopic (exact) mass is 291 g/mol. The Morgan fingerprint density at radius 3 is 2.45 bits per heavy atom. The van der Waals surface area contributed by atoms with E-state index in [4.69, 9.17) is 15.3 Å². The van der Waals surface area contributed by atoms with E-state index in [0.717, 1.165) is 5.56 Å². The predicted octanol–water partition coefficient (Wildman–Crippen LogP) is 2.13. The molecule has 5 nitrogen and oxygen atoms in total. The minimum atomic E-state index is -0.258. The summed E-state index contributed by atoms with van der Waals surface area (Å²) in [5, 5.41) is 20.2. The van der Waals surface area contributed by atoms with Gasteiger partial charge in [0.1, 0.15) is 5.75 Å². The zero-order chi connectivity index (χ0) is 15.8. The molecule has 22 heavy (non-hydrogen) atoms. The van der Waals surface area contributed by atoms with Gasteiger partial charge < -0.3 is 10.1 Å². The van der Waals surface area contributed by atoms with E-state index >= 15 is 0 Å². The summed E-state index contributed by atoms with van der Waals surface area (Å²) in [7, 11) is 0. The van der Waals surface area contributed by atoms with Gasteiger partial charge in [0.15, 0.2) is 6.61 Å². The Kier molecular flexibility index (Phi) is 5.12. The summed E-state index contributed by atoms with van der Waals surface area (Å²) < 4.78 is 5.33. The van der Waals surface area contributed by atoms with Crippen molar-refractivity contribution in [3.05, 3.63) is 65.2 Å². The molecule has 0 radical (unpaired) electrons. The Labute approximate surface area is 128 Å². The van der Waals surface area contributed by atoms with Gasteiger partial charge in [-0.15, -0.1) is 0 Å². The van der Waals surface area contributed by atoms with Crippen LogP contribution in [0.3, 0.4) is 0 Å². The highest BCUT2D eigenvalue weighted by Gasteiger charge is 2.03. The van der Waals surface area contributed by atoms with Gasteiger partial charge in [0, 0.05) is 6.54 Å². The number of nitrogens with one attached hydrogen (secondary N) is 1. The molecule has 0 bridgehead atoms. The van der Waals surface area contributed by atoms with Crippen LogP contribution >= 0.6 is 0 Å². The molecule has 0 aromatic heterocycles. The fourth-order valence-electron chi connectivity index (χ4n) is 1.78. The van der Waals surface area contributed by atoms with Gasteiger partial charge in [-0.3, -0.25) is 4.79 Å². The number of rotatable bonds is 5. The fraction of sp³-hybridized carbons (Fsp3) is 0.118. The molecule has 0 spiro atoms. The molecular weight excluding hydrogens is 278 g/mol. The maximum atomic E-state index is 11.7. The fourth-order valence-corrected chi connectivity index (χ4v) is 1.78. The average Bonchev–Trinajstić information content (AvgIpc) is 2.58. The van der Waals surface area contributed by atoms with E-state index in [0.29, 0.717) is 23.4 Å². The van der Waals surface area contributed by atoms with E-state index in [1.165, 1.54) is 0 Å². The third-order valence-corrected chi connectivity index (χ3v) is 2.90. The smallest absolute Gasteiger partial charge is 0.258 e. The molecule has 108 valence electrons. The summed E-state index contributed by atoms with van der Waals surface area (Å²) >= 11 is 0. The van der Waals surface area contributed by atoms with E-state index in [1.807, 2.05) is 12.1 Å². The van der Waals surface area contributed by atoms with Gasteiger partial charge in [0.2, 0.25) is 0 Å². The molecule has 0 aliphatic rings. The minimum absolute atomic E-state index is 0.107. The lowest BCUT2D eigenvalue weighted by Gasteiger charge is -2.07. The van der Waals surface area contributed by atoms with Crippen molar-refractivity contribution in [3.8, 4) is 17.9 Å². The molecule has 0 atom stereocenters. The summed E-state index contributed by atoms with van der Waals surface area (Å²) in [6, 6.07) is 17.6. The van der Waals surface area contributed by atoms with Crippen molar-refractivity contribution < 1.29 is 9.53 Å². The molecule has 0 heterocycles. The third kappa shape index (κ3) is 4.36. The minimum Gasteiger partial charge on any atom is -0.484 e. The first-order chi connectivity index (χ1) is 10.7. The third-order valence-electron chi connectivity index (χ3n) is 2.90. The van der Waals surface area contributed by atoms with Crippen molar-refractivity contribution in [2.45, 2.75) is 6.54 Å². The van der Waals surface area contributed by atoms with Crippen LogP contribution in [0, 0.1) is 22.7 Å². The maximum Gasteiger partial charge on any atom is 0.258 e. The second kappa shape index (κ2) is 7.47. The normalized spacial score (nSPS) is 9.36. The van der Waals surface area contributed by atoms with Crippen LogP contribution in [0.5, 0.6) is 5.75 Å². The Bertz CT molecular complexity index is 740. The highest BCUT2D eigenvalue weighted by atomic mass is 16.5. The number of amides is 1. The summed E-state index contributed by atoms with van der Waals surface area (Å²) in [6.07, 6.45) is 0. The van der Waals surface area contributed by atoms with Gasteiger partial charge in [0.05, 0.1) is 23.3 Å². The molecule has 2 aromatic rings. The van der Waals surface area contributed by atoms with Crippen LogP contribution in [-0.4, -0.2) is 12.5 Å². The molecule has 0 fully saturated rings. The molecule has 1 amide bonds. The molecule has 0 aliphatic heterocycles.